The number of imide groups is 1. The molecule has 4 atom stereocenters. The molecule has 6 aromatic rings. The number of carbonyl (C=O) groups excluding carboxylic acids is 4. The molecule has 3 fully saturated rings. The van der Waals surface area contributed by atoms with E-state index < -0.39 is 59.1 Å². The van der Waals surface area contributed by atoms with Gasteiger partial charge in [-0.3, -0.25) is 24.0 Å². The van der Waals surface area contributed by atoms with Crippen LogP contribution in [-0.2, 0) is 49.2 Å². The zero-order valence-electron chi connectivity index (χ0n) is 37.0. The highest BCUT2D eigenvalue weighted by Gasteiger charge is 2.35. The summed E-state index contributed by atoms with van der Waals surface area (Å²) in [5.41, 5.74) is 8.00. The summed E-state index contributed by atoms with van der Waals surface area (Å²) in [5.74, 6) is -4.64. The Morgan fingerprint density at radius 3 is 1.54 bits per heavy atom. The van der Waals surface area contributed by atoms with Crippen LogP contribution in [0.1, 0.15) is 113 Å². The summed E-state index contributed by atoms with van der Waals surface area (Å²) in [7, 11) is 0. The summed E-state index contributed by atoms with van der Waals surface area (Å²) < 4.78 is 79.7. The molecule has 2 saturated carbocycles. The highest BCUT2D eigenvalue weighted by molar-refractivity contribution is 6.04. The van der Waals surface area contributed by atoms with E-state index in [1.54, 1.807) is 35.1 Å². The number of hydrogen-bond donors (Lipinski definition) is 4. The van der Waals surface area contributed by atoms with Crippen LogP contribution >= 0.6 is 0 Å². The molecule has 0 bridgehead atoms. The van der Waals surface area contributed by atoms with Crippen LogP contribution in [-0.4, -0.2) is 82.2 Å². The maximum absolute atomic E-state index is 12.9. The van der Waals surface area contributed by atoms with Crippen LogP contribution in [0, 0.1) is 11.8 Å². The second-order valence-electron chi connectivity index (χ2n) is 17.1. The number of nitrogens with two attached hydrogens (primary N) is 1. The molecule has 2 aliphatic carbocycles. The average Bonchev–Trinajstić information content (AvgIpc) is 4.17. The number of carboxylic acids is 2. The summed E-state index contributed by atoms with van der Waals surface area (Å²) in [6, 6.07) is 16.5. The molecular formula is C49H49F6N7O9. The third kappa shape index (κ3) is 12.8. The van der Waals surface area contributed by atoms with E-state index in [0.29, 0.717) is 70.5 Å². The Balaban J connectivity index is 0.000000195. The largest absolute Gasteiger partial charge is 0.481 e. The Bertz CT molecular complexity index is 2900. The number of aliphatic carboxylic acids is 2. The molecule has 9 rings (SSSR count). The third-order valence-electron chi connectivity index (χ3n) is 12.2. The number of nitrogens with zero attached hydrogens (tertiary/aromatic N) is 5. The molecule has 2 aromatic carbocycles. The first-order valence-corrected chi connectivity index (χ1v) is 22.0. The molecule has 3 aliphatic rings. The minimum Gasteiger partial charge on any atom is -0.481 e. The van der Waals surface area contributed by atoms with Gasteiger partial charge in [0, 0.05) is 37.3 Å². The lowest BCUT2D eigenvalue weighted by atomic mass is 10.0. The number of hydrogen-bond acceptors (Lipinski definition) is 10. The van der Waals surface area contributed by atoms with E-state index in [0.717, 1.165) is 42.7 Å². The Morgan fingerprint density at radius 1 is 0.662 bits per heavy atom. The summed E-state index contributed by atoms with van der Waals surface area (Å²) in [5, 5.41) is 29.3. The van der Waals surface area contributed by atoms with Gasteiger partial charge in [0.2, 0.25) is 0 Å². The van der Waals surface area contributed by atoms with Gasteiger partial charge < -0.3 is 26.1 Å². The van der Waals surface area contributed by atoms with Crippen LogP contribution in [0.15, 0.2) is 97.6 Å². The SMILES string of the molecule is C.N[C@H]1CC[C@@H](C(=O)O)C1.O=C(N[C@H]1CC[C@@H](C(=O)O)C1)c1cnn2cccc(Cc3ccc(C(F)(F)F)cc3)c12.O=C(ON1C(=O)CCC1=O)c1cnn2cccc(Cc3ccc(C(F)(F)F)cc3)c12. The lowest BCUT2D eigenvalue weighted by Gasteiger charge is -2.13. The maximum atomic E-state index is 12.9. The maximum Gasteiger partial charge on any atom is 0.416 e. The molecule has 16 nitrogen and oxygen atoms in total. The van der Waals surface area contributed by atoms with Crippen molar-refractivity contribution in [2.24, 2.45) is 17.6 Å². The summed E-state index contributed by atoms with van der Waals surface area (Å²) in [4.78, 5) is 75.2. The van der Waals surface area contributed by atoms with Crippen molar-refractivity contribution in [3.05, 3.63) is 142 Å². The van der Waals surface area contributed by atoms with Gasteiger partial charge in [-0.1, -0.05) is 43.8 Å². The fourth-order valence-electron chi connectivity index (χ4n) is 8.52. The van der Waals surface area contributed by atoms with Gasteiger partial charge in [-0.05, 0) is 110 Å². The first kappa shape index (κ1) is 52.7. The Hall–Kier alpha value is -7.62. The number of pyridine rings is 2. The minimum atomic E-state index is -4.43. The Labute approximate surface area is 401 Å². The molecule has 3 amide bonds. The Morgan fingerprint density at radius 2 is 1.11 bits per heavy atom. The fourth-order valence-corrected chi connectivity index (χ4v) is 8.52. The van der Waals surface area contributed by atoms with Crippen LogP contribution in [0.2, 0.25) is 0 Å². The van der Waals surface area contributed by atoms with Gasteiger partial charge in [0.1, 0.15) is 5.56 Å². The number of aromatic nitrogens is 4. The van der Waals surface area contributed by atoms with E-state index in [-0.39, 0.29) is 56.2 Å². The molecule has 0 unspecified atom stereocenters. The van der Waals surface area contributed by atoms with Gasteiger partial charge in [-0.25, -0.2) is 13.8 Å². The Kier molecular flexibility index (Phi) is 16.3. The number of hydroxylamine groups is 2. The molecule has 0 spiro atoms. The van der Waals surface area contributed by atoms with Crippen LogP contribution in [0.5, 0.6) is 0 Å². The van der Waals surface area contributed by atoms with Gasteiger partial charge in [-0.2, -0.15) is 36.5 Å². The standard InChI is InChI=1S/C22H20F3N3O3.C20H14F3N3O4.C6H11NO2.CH4/c23-22(24,25)16-6-3-13(4-7-16)10-14-2-1-9-28-19(14)18(12-26-28)20(29)27-17-8-5-15(11-17)21(30)31;21-20(22,23)14-5-3-12(4-6-14)10-13-2-1-9-25-18(13)15(11-24-25)19(29)30-26-16(27)7-8-17(26)28;7-5-2-1-4(3-5)6(8)9;/h1-4,6-7,9,12,15,17H,5,8,10-11H2,(H,27,29)(H,30,31);1-6,9,11H,7-8,10H2;4-5H,1-3,7H2,(H,8,9);1H4/t15-,17+;;4-,5+;/m1.1./s1. The van der Waals surface area contributed by atoms with E-state index in [9.17, 15) is 55.1 Å². The number of amides is 3. The highest BCUT2D eigenvalue weighted by atomic mass is 19.4. The monoisotopic (exact) mass is 993 g/mol. The molecule has 4 aromatic heterocycles. The lowest BCUT2D eigenvalue weighted by Crippen LogP contribution is -2.33. The predicted octanol–water partition coefficient (Wildman–Crippen LogP) is 7.93. The van der Waals surface area contributed by atoms with Crippen molar-refractivity contribution in [1.29, 1.82) is 0 Å². The molecule has 5 N–H and O–H groups in total. The van der Waals surface area contributed by atoms with Gasteiger partial charge in [0.25, 0.3) is 17.7 Å². The lowest BCUT2D eigenvalue weighted by molar-refractivity contribution is -0.172. The van der Waals surface area contributed by atoms with Crippen molar-refractivity contribution >= 4 is 46.7 Å². The van der Waals surface area contributed by atoms with Gasteiger partial charge in [0.15, 0.2) is 0 Å². The topological polar surface area (TPSA) is 228 Å². The van der Waals surface area contributed by atoms with E-state index in [4.69, 9.17) is 20.8 Å². The van der Waals surface area contributed by atoms with Crippen molar-refractivity contribution in [3.63, 3.8) is 0 Å². The minimum absolute atomic E-state index is 0. The smallest absolute Gasteiger partial charge is 0.416 e. The second kappa shape index (κ2) is 22.0. The second-order valence-corrected chi connectivity index (χ2v) is 17.1. The molecule has 5 heterocycles. The van der Waals surface area contributed by atoms with Crippen molar-refractivity contribution in [1.82, 2.24) is 29.6 Å². The molecule has 0 radical (unpaired) electrons. The molecule has 71 heavy (non-hydrogen) atoms. The molecule has 376 valence electrons. The average molecular weight is 994 g/mol. The van der Waals surface area contributed by atoms with Crippen LogP contribution in [0.25, 0.3) is 11.0 Å². The van der Waals surface area contributed by atoms with Crippen LogP contribution in [0.4, 0.5) is 26.3 Å². The van der Waals surface area contributed by atoms with Crippen molar-refractivity contribution < 1.29 is 70.2 Å². The van der Waals surface area contributed by atoms with Crippen molar-refractivity contribution in [3.8, 4) is 0 Å². The number of benzene rings is 2. The van der Waals surface area contributed by atoms with Crippen LogP contribution < -0.4 is 11.1 Å². The van der Waals surface area contributed by atoms with Crippen molar-refractivity contribution in [2.45, 2.75) is 96.1 Å². The zero-order valence-corrected chi connectivity index (χ0v) is 37.0. The van der Waals surface area contributed by atoms with Gasteiger partial charge in [-0.15, -0.1) is 5.06 Å². The van der Waals surface area contributed by atoms with E-state index in [1.165, 1.54) is 41.2 Å². The van der Waals surface area contributed by atoms with E-state index in [1.807, 2.05) is 6.07 Å². The summed E-state index contributed by atoms with van der Waals surface area (Å²) in [6.07, 6.45) is 1.47. The first-order valence-electron chi connectivity index (χ1n) is 22.0. The number of alkyl halides is 6. The zero-order chi connectivity index (χ0) is 50.5. The molecule has 1 aliphatic heterocycles. The number of fused-ring (bicyclic) bond motifs is 2. The number of nitrogens with one attached hydrogen (secondary N) is 1. The van der Waals surface area contributed by atoms with E-state index >= 15 is 0 Å². The van der Waals surface area contributed by atoms with Gasteiger partial charge >= 0.3 is 30.3 Å². The predicted molar refractivity (Wildman–Crippen MR) is 241 cm³/mol. The number of rotatable bonds is 10. The number of carbonyl (C=O) groups is 6. The molecular weight excluding hydrogens is 945 g/mol. The number of halogens is 6. The van der Waals surface area contributed by atoms with Crippen LogP contribution in [0.3, 0.4) is 0 Å². The summed E-state index contributed by atoms with van der Waals surface area (Å²) >= 11 is 0. The number of carboxylic acid groups (broad SMARTS) is 2. The fraction of sp³-hybridized carbons (Fsp3) is 0.347. The third-order valence-corrected chi connectivity index (χ3v) is 12.2. The molecule has 1 saturated heterocycles. The molecule has 22 heteroatoms. The van der Waals surface area contributed by atoms with Crippen molar-refractivity contribution in [2.75, 3.05) is 0 Å². The quantitative estimate of drug-likeness (QED) is 0.0758. The highest BCUT2D eigenvalue weighted by Crippen LogP contribution is 2.32. The summed E-state index contributed by atoms with van der Waals surface area (Å²) in [6.45, 7) is 0. The first-order chi connectivity index (χ1) is 33.2. The normalized spacial score (nSPS) is 18.8. The van der Waals surface area contributed by atoms with E-state index in [2.05, 4.69) is 15.5 Å². The van der Waals surface area contributed by atoms with Gasteiger partial charge in [0.05, 0.1) is 52.0 Å².